The molecule has 0 spiro atoms. The maximum atomic E-state index is 5.48. The highest BCUT2D eigenvalue weighted by Crippen LogP contribution is 2.10. The van der Waals surface area contributed by atoms with Crippen molar-refractivity contribution in [3.8, 4) is 5.75 Å². The fourth-order valence-corrected chi connectivity index (χ4v) is 1.07. The van der Waals surface area contributed by atoms with Crippen LogP contribution >= 0.6 is 0 Å². The lowest BCUT2D eigenvalue weighted by atomic mass is 10.2. The van der Waals surface area contributed by atoms with E-state index in [-0.39, 0.29) is 0 Å². The molecule has 1 rings (SSSR count). The quantitative estimate of drug-likeness (QED) is 0.761. The Labute approximate surface area is 84.6 Å². The fourth-order valence-electron chi connectivity index (χ4n) is 1.07. The molecule has 0 saturated heterocycles. The van der Waals surface area contributed by atoms with E-state index in [2.05, 4.69) is 5.32 Å². The molecule has 3 heteroatoms. The van der Waals surface area contributed by atoms with E-state index >= 15 is 0 Å². The van der Waals surface area contributed by atoms with Gasteiger partial charge in [-0.3, -0.25) is 0 Å². The third-order valence-corrected chi connectivity index (χ3v) is 1.79. The molecule has 0 radical (unpaired) electrons. The Bertz CT molecular complexity index is 300. The minimum atomic E-state index is 0.776. The Morgan fingerprint density at radius 3 is 2.57 bits per heavy atom. The molecule has 14 heavy (non-hydrogen) atoms. The van der Waals surface area contributed by atoms with Gasteiger partial charge in [0.1, 0.15) is 5.75 Å². The summed E-state index contributed by atoms with van der Waals surface area (Å²) < 4.78 is 5.06. The van der Waals surface area contributed by atoms with Crippen LogP contribution in [0.3, 0.4) is 0 Å². The van der Waals surface area contributed by atoms with Crippen LogP contribution in [0.5, 0.6) is 5.75 Å². The first-order chi connectivity index (χ1) is 6.72. The number of nitrogens with one attached hydrogen (secondary N) is 1. The van der Waals surface area contributed by atoms with Crippen molar-refractivity contribution in [3.63, 3.8) is 0 Å². The predicted molar refractivity (Wildman–Crippen MR) is 57.8 cm³/mol. The smallest absolute Gasteiger partial charge is 0.118 e. The second-order valence-electron chi connectivity index (χ2n) is 3.12. The third-order valence-electron chi connectivity index (χ3n) is 1.79. The van der Waals surface area contributed by atoms with Crippen LogP contribution < -0.4 is 15.8 Å². The SMILES string of the molecule is COc1ccc(CN/C=C(/C)N)cc1. The van der Waals surface area contributed by atoms with Crippen LogP contribution in [0.2, 0.25) is 0 Å². The molecule has 3 N–H and O–H groups in total. The van der Waals surface area contributed by atoms with Gasteiger partial charge in [-0.25, -0.2) is 0 Å². The maximum Gasteiger partial charge on any atom is 0.118 e. The van der Waals surface area contributed by atoms with Gasteiger partial charge in [0.05, 0.1) is 7.11 Å². The minimum Gasteiger partial charge on any atom is -0.497 e. The average Bonchev–Trinajstić information content (AvgIpc) is 2.18. The summed E-state index contributed by atoms with van der Waals surface area (Å²) in [7, 11) is 1.66. The lowest BCUT2D eigenvalue weighted by Gasteiger charge is -2.03. The van der Waals surface area contributed by atoms with Crippen LogP contribution in [-0.2, 0) is 6.54 Å². The first kappa shape index (κ1) is 10.4. The summed E-state index contributed by atoms with van der Waals surface area (Å²) in [6, 6.07) is 7.92. The van der Waals surface area contributed by atoms with E-state index in [1.807, 2.05) is 31.2 Å². The molecule has 0 unspecified atom stereocenters. The molecule has 1 aromatic rings. The van der Waals surface area contributed by atoms with Crippen LogP contribution in [0.1, 0.15) is 12.5 Å². The molecule has 0 aliphatic carbocycles. The lowest BCUT2D eigenvalue weighted by molar-refractivity contribution is 0.414. The normalized spacial score (nSPS) is 11.1. The Morgan fingerprint density at radius 1 is 1.43 bits per heavy atom. The van der Waals surface area contributed by atoms with E-state index in [0.29, 0.717) is 0 Å². The number of hydrogen-bond acceptors (Lipinski definition) is 3. The maximum absolute atomic E-state index is 5.48. The van der Waals surface area contributed by atoms with E-state index in [1.54, 1.807) is 13.3 Å². The number of hydrogen-bond donors (Lipinski definition) is 2. The van der Waals surface area contributed by atoms with Crippen LogP contribution in [0, 0.1) is 0 Å². The van der Waals surface area contributed by atoms with Gasteiger partial charge in [-0.15, -0.1) is 0 Å². The van der Waals surface area contributed by atoms with Crippen molar-refractivity contribution in [2.24, 2.45) is 5.73 Å². The van der Waals surface area contributed by atoms with Crippen molar-refractivity contribution in [3.05, 3.63) is 41.7 Å². The Kier molecular flexibility index (Phi) is 3.85. The van der Waals surface area contributed by atoms with E-state index < -0.39 is 0 Å². The summed E-state index contributed by atoms with van der Waals surface area (Å²) in [5.74, 6) is 0.874. The zero-order valence-corrected chi connectivity index (χ0v) is 8.58. The Hall–Kier alpha value is -1.64. The summed E-state index contributed by atoms with van der Waals surface area (Å²) in [6.45, 7) is 2.62. The van der Waals surface area contributed by atoms with Crippen LogP contribution in [-0.4, -0.2) is 7.11 Å². The topological polar surface area (TPSA) is 47.3 Å². The molecule has 0 amide bonds. The zero-order chi connectivity index (χ0) is 10.4. The van der Waals surface area contributed by atoms with Gasteiger partial charge >= 0.3 is 0 Å². The minimum absolute atomic E-state index is 0.776. The number of nitrogens with two attached hydrogens (primary N) is 1. The average molecular weight is 192 g/mol. The standard InChI is InChI=1S/C11H16N2O/c1-9(12)7-13-8-10-3-5-11(14-2)6-4-10/h3-7,13H,8,12H2,1-2H3/b9-7-. The van der Waals surface area contributed by atoms with Crippen molar-refractivity contribution in [2.75, 3.05) is 7.11 Å². The first-order valence-corrected chi connectivity index (χ1v) is 4.51. The zero-order valence-electron chi connectivity index (χ0n) is 8.58. The van der Waals surface area contributed by atoms with Gasteiger partial charge in [-0.2, -0.15) is 0 Å². The van der Waals surface area contributed by atoms with E-state index in [0.717, 1.165) is 18.0 Å². The molecule has 1 aromatic carbocycles. The second-order valence-corrected chi connectivity index (χ2v) is 3.12. The largest absolute Gasteiger partial charge is 0.497 e. The van der Waals surface area contributed by atoms with Crippen LogP contribution in [0.25, 0.3) is 0 Å². The summed E-state index contributed by atoms with van der Waals surface area (Å²) in [4.78, 5) is 0. The molecule has 0 aliphatic rings. The number of allylic oxidation sites excluding steroid dienone is 1. The van der Waals surface area contributed by atoms with Gasteiger partial charge < -0.3 is 15.8 Å². The van der Waals surface area contributed by atoms with Crippen molar-refractivity contribution in [1.29, 1.82) is 0 Å². The third kappa shape index (κ3) is 3.39. The second kappa shape index (κ2) is 5.17. The molecule has 0 saturated carbocycles. The van der Waals surface area contributed by atoms with Crippen molar-refractivity contribution < 1.29 is 4.74 Å². The highest BCUT2D eigenvalue weighted by Gasteiger charge is 1.92. The fraction of sp³-hybridized carbons (Fsp3) is 0.273. The van der Waals surface area contributed by atoms with Crippen molar-refractivity contribution >= 4 is 0 Å². The molecule has 3 nitrogen and oxygen atoms in total. The van der Waals surface area contributed by atoms with E-state index in [1.165, 1.54) is 5.56 Å². The van der Waals surface area contributed by atoms with Crippen LogP contribution in [0.15, 0.2) is 36.2 Å². The van der Waals surface area contributed by atoms with Gasteiger partial charge in [0, 0.05) is 18.4 Å². The van der Waals surface area contributed by atoms with Gasteiger partial charge in [-0.05, 0) is 24.6 Å². The molecular formula is C11H16N2O. The number of benzene rings is 1. The molecule has 0 atom stereocenters. The highest BCUT2D eigenvalue weighted by molar-refractivity contribution is 5.27. The number of methoxy groups -OCH3 is 1. The molecule has 0 aromatic heterocycles. The summed E-state index contributed by atoms with van der Waals surface area (Å²) in [5, 5.41) is 3.11. The molecule has 0 bridgehead atoms. The highest BCUT2D eigenvalue weighted by atomic mass is 16.5. The first-order valence-electron chi connectivity index (χ1n) is 4.51. The molecule has 76 valence electrons. The monoisotopic (exact) mass is 192 g/mol. The van der Waals surface area contributed by atoms with Crippen LogP contribution in [0.4, 0.5) is 0 Å². The summed E-state index contributed by atoms with van der Waals surface area (Å²) in [6.07, 6.45) is 1.80. The van der Waals surface area contributed by atoms with Gasteiger partial charge in [0.2, 0.25) is 0 Å². The van der Waals surface area contributed by atoms with Gasteiger partial charge in [0.15, 0.2) is 0 Å². The lowest BCUT2D eigenvalue weighted by Crippen LogP contribution is -2.07. The van der Waals surface area contributed by atoms with Crippen molar-refractivity contribution in [2.45, 2.75) is 13.5 Å². The molecule has 0 aliphatic heterocycles. The van der Waals surface area contributed by atoms with Crippen molar-refractivity contribution in [1.82, 2.24) is 5.32 Å². The van der Waals surface area contributed by atoms with Gasteiger partial charge in [-0.1, -0.05) is 12.1 Å². The number of rotatable bonds is 4. The molecule has 0 fully saturated rings. The number of ether oxygens (including phenoxy) is 1. The Morgan fingerprint density at radius 2 is 2.07 bits per heavy atom. The summed E-state index contributed by atoms with van der Waals surface area (Å²) in [5.41, 5.74) is 7.45. The van der Waals surface area contributed by atoms with E-state index in [9.17, 15) is 0 Å². The molecular weight excluding hydrogens is 176 g/mol. The predicted octanol–water partition coefficient (Wildman–Crippen LogP) is 1.60. The van der Waals surface area contributed by atoms with Gasteiger partial charge in [0.25, 0.3) is 0 Å². The van der Waals surface area contributed by atoms with E-state index in [4.69, 9.17) is 10.5 Å². The Balaban J connectivity index is 2.48. The summed E-state index contributed by atoms with van der Waals surface area (Å²) >= 11 is 0. The molecule has 0 heterocycles.